The van der Waals surface area contributed by atoms with Crippen LogP contribution in [-0.2, 0) is 4.79 Å². The van der Waals surface area contributed by atoms with Gasteiger partial charge in [0.25, 0.3) is 23.5 Å². The second-order valence-corrected chi connectivity index (χ2v) is 7.62. The predicted octanol–water partition coefficient (Wildman–Crippen LogP) is 2.64. The number of hydrogen-bond donors (Lipinski definition) is 1. The summed E-state index contributed by atoms with van der Waals surface area (Å²) in [5.41, 5.74) is -0.631. The molecule has 1 aliphatic carbocycles. The van der Waals surface area contributed by atoms with E-state index >= 15 is 0 Å². The largest absolute Gasteiger partial charge is 0.341 e. The summed E-state index contributed by atoms with van der Waals surface area (Å²) < 4.78 is 45.2. The number of hydrogen-bond acceptors (Lipinski definition) is 5. The number of carbonyl (C=O) groups excluding carboxylic acids is 2. The third kappa shape index (κ3) is 3.58. The van der Waals surface area contributed by atoms with Gasteiger partial charge in [0.05, 0.1) is 0 Å². The smallest absolute Gasteiger partial charge is 0.293 e. The van der Waals surface area contributed by atoms with Crippen LogP contribution in [0.25, 0.3) is 11.5 Å². The van der Waals surface area contributed by atoms with E-state index in [0.717, 1.165) is 0 Å². The van der Waals surface area contributed by atoms with E-state index in [0.29, 0.717) is 5.56 Å². The maximum absolute atomic E-state index is 13.5. The first-order valence-corrected chi connectivity index (χ1v) is 9.28. The van der Waals surface area contributed by atoms with Crippen molar-refractivity contribution in [1.82, 2.24) is 20.4 Å². The molecule has 2 fully saturated rings. The summed E-state index contributed by atoms with van der Waals surface area (Å²) in [6.07, 6.45) is 0.405. The number of alkyl halides is 2. The third-order valence-corrected chi connectivity index (χ3v) is 5.66. The zero-order valence-electron chi connectivity index (χ0n) is 15.6. The SMILES string of the molecule is C[C@@H](NC(=O)c1noc(-c2cccc(F)c2)n1)C(=O)N1CCC2(CC1)CC2(F)F. The third-order valence-electron chi connectivity index (χ3n) is 5.66. The van der Waals surface area contributed by atoms with E-state index in [-0.39, 0.29) is 50.0 Å². The Morgan fingerprint density at radius 3 is 2.59 bits per heavy atom. The second-order valence-electron chi connectivity index (χ2n) is 7.62. The molecular weight excluding hydrogens is 389 g/mol. The fourth-order valence-electron chi connectivity index (χ4n) is 3.73. The van der Waals surface area contributed by atoms with Gasteiger partial charge in [0.15, 0.2) is 0 Å². The molecule has 1 spiro atoms. The van der Waals surface area contributed by atoms with Crippen LogP contribution in [0.1, 0.15) is 36.8 Å². The highest BCUT2D eigenvalue weighted by Crippen LogP contribution is 2.65. The Morgan fingerprint density at radius 2 is 1.97 bits per heavy atom. The first kappa shape index (κ1) is 19.4. The first-order chi connectivity index (χ1) is 13.7. The molecule has 4 rings (SSSR count). The average molecular weight is 408 g/mol. The maximum atomic E-state index is 13.5. The molecule has 154 valence electrons. The molecule has 2 aliphatic rings. The summed E-state index contributed by atoms with van der Waals surface area (Å²) in [6.45, 7) is 1.98. The molecule has 1 aromatic heterocycles. The first-order valence-electron chi connectivity index (χ1n) is 9.28. The van der Waals surface area contributed by atoms with E-state index in [9.17, 15) is 22.8 Å². The fraction of sp³-hybridized carbons (Fsp3) is 0.474. The Bertz CT molecular complexity index is 954. The van der Waals surface area contributed by atoms with Crippen molar-refractivity contribution in [2.45, 2.75) is 38.2 Å². The Kier molecular flexibility index (Phi) is 4.59. The van der Waals surface area contributed by atoms with E-state index in [1.165, 1.54) is 30.0 Å². The van der Waals surface area contributed by atoms with Crippen molar-refractivity contribution in [3.63, 3.8) is 0 Å². The molecule has 1 saturated carbocycles. The topological polar surface area (TPSA) is 88.3 Å². The highest BCUT2D eigenvalue weighted by Gasteiger charge is 2.70. The van der Waals surface area contributed by atoms with Crippen LogP contribution < -0.4 is 5.32 Å². The molecule has 1 N–H and O–H groups in total. The summed E-state index contributed by atoms with van der Waals surface area (Å²) in [5, 5.41) is 6.05. The number of piperidine rings is 1. The minimum atomic E-state index is -2.63. The number of nitrogens with zero attached hydrogens (tertiary/aromatic N) is 3. The molecule has 0 unspecified atom stereocenters. The minimum Gasteiger partial charge on any atom is -0.341 e. The zero-order chi connectivity index (χ0) is 20.8. The molecule has 1 aliphatic heterocycles. The van der Waals surface area contributed by atoms with Crippen molar-refractivity contribution in [3.8, 4) is 11.5 Å². The van der Waals surface area contributed by atoms with Gasteiger partial charge in [-0.25, -0.2) is 13.2 Å². The molecule has 2 aromatic rings. The van der Waals surface area contributed by atoms with Crippen LogP contribution >= 0.6 is 0 Å². The quantitative estimate of drug-likeness (QED) is 0.840. The molecule has 1 atom stereocenters. The van der Waals surface area contributed by atoms with Crippen molar-refractivity contribution >= 4 is 11.8 Å². The number of benzene rings is 1. The molecule has 0 bridgehead atoms. The van der Waals surface area contributed by atoms with E-state index in [1.807, 2.05) is 0 Å². The summed E-state index contributed by atoms with van der Waals surface area (Å²) in [4.78, 5) is 30.3. The van der Waals surface area contributed by atoms with Gasteiger partial charge in [0.1, 0.15) is 11.9 Å². The standard InChI is InChI=1S/C19H19F3N4O3/c1-11(17(28)26-7-5-18(6-8-26)10-19(18,21)22)23-15(27)14-24-16(29-25-14)12-3-2-4-13(20)9-12/h2-4,9,11H,5-8,10H2,1H3,(H,23,27)/t11-/m1/s1. The van der Waals surface area contributed by atoms with Gasteiger partial charge in [-0.05, 0) is 38.0 Å². The van der Waals surface area contributed by atoms with Gasteiger partial charge < -0.3 is 14.7 Å². The van der Waals surface area contributed by atoms with Gasteiger partial charge in [-0.15, -0.1) is 0 Å². The Labute approximate surface area is 164 Å². The number of rotatable bonds is 4. The fourth-order valence-corrected chi connectivity index (χ4v) is 3.73. The number of carbonyl (C=O) groups is 2. The van der Waals surface area contributed by atoms with Gasteiger partial charge in [0, 0.05) is 30.5 Å². The van der Waals surface area contributed by atoms with E-state index in [4.69, 9.17) is 4.52 Å². The molecule has 7 nitrogen and oxygen atoms in total. The van der Waals surface area contributed by atoms with Crippen molar-refractivity contribution < 1.29 is 27.3 Å². The van der Waals surface area contributed by atoms with Crippen LogP contribution in [0, 0.1) is 11.2 Å². The Hall–Kier alpha value is -2.91. The lowest BCUT2D eigenvalue weighted by Gasteiger charge is -2.33. The number of nitrogens with one attached hydrogen (secondary N) is 1. The van der Waals surface area contributed by atoms with E-state index in [2.05, 4.69) is 15.5 Å². The van der Waals surface area contributed by atoms with Crippen LogP contribution in [0.15, 0.2) is 28.8 Å². The number of likely N-dealkylation sites (tertiary alicyclic amines) is 1. The normalized spacial score (nSPS) is 20.3. The lowest BCUT2D eigenvalue weighted by molar-refractivity contribution is -0.135. The molecular formula is C19H19F3N4O3. The minimum absolute atomic E-state index is 0.0275. The summed E-state index contributed by atoms with van der Waals surface area (Å²) in [7, 11) is 0. The molecule has 29 heavy (non-hydrogen) atoms. The van der Waals surface area contributed by atoms with Gasteiger partial charge in [-0.3, -0.25) is 9.59 Å². The Morgan fingerprint density at radius 1 is 1.28 bits per heavy atom. The molecule has 10 heteroatoms. The zero-order valence-corrected chi connectivity index (χ0v) is 15.6. The summed E-state index contributed by atoms with van der Waals surface area (Å²) >= 11 is 0. The van der Waals surface area contributed by atoms with Crippen molar-refractivity contribution in [2.75, 3.05) is 13.1 Å². The van der Waals surface area contributed by atoms with Gasteiger partial charge in [0.2, 0.25) is 5.91 Å². The monoisotopic (exact) mass is 408 g/mol. The molecule has 0 radical (unpaired) electrons. The van der Waals surface area contributed by atoms with Gasteiger partial charge in [-0.1, -0.05) is 11.2 Å². The van der Waals surface area contributed by atoms with Crippen LogP contribution in [0.2, 0.25) is 0 Å². The van der Waals surface area contributed by atoms with Crippen molar-refractivity contribution in [1.29, 1.82) is 0 Å². The van der Waals surface area contributed by atoms with Crippen LogP contribution in [-0.4, -0.2) is 51.9 Å². The highest BCUT2D eigenvalue weighted by atomic mass is 19.3. The molecule has 1 saturated heterocycles. The Balaban J connectivity index is 1.34. The second kappa shape index (κ2) is 6.85. The summed E-state index contributed by atoms with van der Waals surface area (Å²) in [6, 6.07) is 4.58. The van der Waals surface area contributed by atoms with Gasteiger partial charge in [-0.2, -0.15) is 4.98 Å². The highest BCUT2D eigenvalue weighted by molar-refractivity contribution is 5.94. The van der Waals surface area contributed by atoms with E-state index < -0.39 is 29.1 Å². The van der Waals surface area contributed by atoms with Crippen LogP contribution in [0.3, 0.4) is 0 Å². The maximum Gasteiger partial charge on any atom is 0.293 e. The van der Waals surface area contributed by atoms with Crippen molar-refractivity contribution in [3.05, 3.63) is 35.9 Å². The van der Waals surface area contributed by atoms with Gasteiger partial charge >= 0.3 is 0 Å². The number of halogens is 3. The van der Waals surface area contributed by atoms with Crippen molar-refractivity contribution in [2.24, 2.45) is 5.41 Å². The van der Waals surface area contributed by atoms with E-state index in [1.54, 1.807) is 6.07 Å². The van der Waals surface area contributed by atoms with Crippen LogP contribution in [0.4, 0.5) is 13.2 Å². The van der Waals surface area contributed by atoms with Crippen LogP contribution in [0.5, 0.6) is 0 Å². The number of aromatic nitrogens is 2. The molecule has 2 amide bonds. The molecule has 1 aromatic carbocycles. The predicted molar refractivity (Wildman–Crippen MR) is 94.4 cm³/mol. The lowest BCUT2D eigenvalue weighted by atomic mass is 9.92. The summed E-state index contributed by atoms with van der Waals surface area (Å²) in [5.74, 6) is -4.51. The average Bonchev–Trinajstić information content (AvgIpc) is 3.03. The number of amides is 2. The lowest BCUT2D eigenvalue weighted by Crippen LogP contribution is -2.50. The molecule has 2 heterocycles.